The third-order valence-corrected chi connectivity index (χ3v) is 6.54. The van der Waals surface area contributed by atoms with Crippen LogP contribution >= 0.6 is 0 Å². The minimum absolute atomic E-state index is 0.0438. The van der Waals surface area contributed by atoms with Gasteiger partial charge in [-0.2, -0.15) is 0 Å². The van der Waals surface area contributed by atoms with Crippen molar-refractivity contribution in [3.63, 3.8) is 0 Å². The summed E-state index contributed by atoms with van der Waals surface area (Å²) >= 11 is 0. The molecule has 0 spiro atoms. The van der Waals surface area contributed by atoms with Crippen LogP contribution in [0.4, 0.5) is 0 Å². The van der Waals surface area contributed by atoms with Gasteiger partial charge in [-0.25, -0.2) is 0 Å². The van der Waals surface area contributed by atoms with Crippen LogP contribution in [0, 0.1) is 5.41 Å². The molecule has 4 nitrogen and oxygen atoms in total. The number of nitrogens with zero attached hydrogens (tertiary/aromatic N) is 1. The summed E-state index contributed by atoms with van der Waals surface area (Å²) in [4.78, 5) is 41.9. The van der Waals surface area contributed by atoms with Gasteiger partial charge < -0.3 is 4.90 Å². The van der Waals surface area contributed by atoms with Crippen molar-refractivity contribution < 1.29 is 14.4 Å². The van der Waals surface area contributed by atoms with Crippen LogP contribution in [0.5, 0.6) is 0 Å². The summed E-state index contributed by atoms with van der Waals surface area (Å²) in [5.41, 5.74) is 2.51. The molecular weight excluding hydrogens is 374 g/mol. The summed E-state index contributed by atoms with van der Waals surface area (Å²) < 4.78 is 0. The third kappa shape index (κ3) is 3.13. The number of hydrogen-bond donors (Lipinski definition) is 0. The molecule has 2 aromatic carbocycles. The fraction of sp³-hybridized carbons (Fsp3) is 0.269. The van der Waals surface area contributed by atoms with Crippen molar-refractivity contribution in [1.29, 1.82) is 0 Å². The first-order valence-electron chi connectivity index (χ1n) is 10.2. The first-order valence-corrected chi connectivity index (χ1v) is 10.2. The van der Waals surface area contributed by atoms with Gasteiger partial charge in [-0.1, -0.05) is 77.9 Å². The van der Waals surface area contributed by atoms with E-state index >= 15 is 0 Å². The van der Waals surface area contributed by atoms with Crippen molar-refractivity contribution in [2.75, 3.05) is 7.05 Å². The monoisotopic (exact) mass is 399 g/mol. The molecule has 1 aliphatic heterocycles. The molecule has 0 aromatic heterocycles. The van der Waals surface area contributed by atoms with Gasteiger partial charge in [-0.15, -0.1) is 0 Å². The van der Waals surface area contributed by atoms with Crippen molar-refractivity contribution in [1.82, 2.24) is 4.90 Å². The minimum Gasteiger partial charge on any atom is -0.337 e. The Kier molecular flexibility index (Phi) is 5.02. The van der Waals surface area contributed by atoms with Gasteiger partial charge >= 0.3 is 0 Å². The number of ketones is 2. The lowest BCUT2D eigenvalue weighted by Gasteiger charge is -2.49. The standard InChI is InChI=1S/C26H25NO3/c1-17-14-22-26(15-18(17)2,24(29)20-12-8-5-9-13-20)16-21(25(30)27(22)3)23(28)19-10-6-4-7-11-19/h4-13,16,22H,14-15H2,1-3H3/t22-,26+/m1/s1. The van der Waals surface area contributed by atoms with Crippen molar-refractivity contribution in [3.8, 4) is 0 Å². The molecule has 2 atom stereocenters. The predicted molar refractivity (Wildman–Crippen MR) is 116 cm³/mol. The first-order chi connectivity index (χ1) is 14.3. The van der Waals surface area contributed by atoms with Crippen molar-refractivity contribution in [2.24, 2.45) is 5.41 Å². The molecule has 1 aliphatic carbocycles. The van der Waals surface area contributed by atoms with E-state index in [-0.39, 0.29) is 29.1 Å². The average Bonchev–Trinajstić information content (AvgIpc) is 2.78. The Labute approximate surface area is 176 Å². The van der Waals surface area contributed by atoms with Crippen LogP contribution in [0.2, 0.25) is 0 Å². The smallest absolute Gasteiger partial charge is 0.257 e. The maximum Gasteiger partial charge on any atom is 0.257 e. The Morgan fingerprint density at radius 1 is 0.900 bits per heavy atom. The third-order valence-electron chi connectivity index (χ3n) is 6.54. The van der Waals surface area contributed by atoms with Gasteiger partial charge in [0, 0.05) is 18.2 Å². The molecule has 0 N–H and O–H groups in total. The number of likely N-dealkylation sites (N-methyl/N-ethyl adjacent to an activating group) is 1. The Balaban J connectivity index is 1.91. The number of carbonyl (C=O) groups is 3. The molecular formula is C26H25NO3. The zero-order chi connectivity index (χ0) is 21.5. The zero-order valence-electron chi connectivity index (χ0n) is 17.5. The summed E-state index contributed by atoms with van der Waals surface area (Å²) in [5.74, 6) is -0.703. The molecule has 2 aliphatic rings. The van der Waals surface area contributed by atoms with Crippen LogP contribution in [0.3, 0.4) is 0 Å². The number of benzene rings is 2. The highest BCUT2D eigenvalue weighted by atomic mass is 16.2. The van der Waals surface area contributed by atoms with E-state index in [0.29, 0.717) is 24.0 Å². The molecule has 0 fully saturated rings. The average molecular weight is 399 g/mol. The first kappa shape index (κ1) is 20.0. The molecule has 152 valence electrons. The Hall–Kier alpha value is -3.27. The number of hydrogen-bond acceptors (Lipinski definition) is 3. The quantitative estimate of drug-likeness (QED) is 0.428. The highest BCUT2D eigenvalue weighted by molar-refractivity contribution is 6.27. The maximum absolute atomic E-state index is 13.8. The summed E-state index contributed by atoms with van der Waals surface area (Å²) in [6, 6.07) is 17.6. The topological polar surface area (TPSA) is 54.5 Å². The SMILES string of the molecule is CC1=C(C)C[C@]2(C(=O)c3ccccc3)C=C(C(=O)c3ccccc3)C(=O)N(C)[C@@H]2C1. The van der Waals surface area contributed by atoms with E-state index in [1.165, 1.54) is 5.57 Å². The molecule has 0 saturated carbocycles. The largest absolute Gasteiger partial charge is 0.337 e. The summed E-state index contributed by atoms with van der Waals surface area (Å²) in [7, 11) is 1.71. The lowest BCUT2D eigenvalue weighted by molar-refractivity contribution is -0.130. The second-order valence-electron chi connectivity index (χ2n) is 8.36. The molecule has 1 heterocycles. The molecule has 1 amide bonds. The van der Waals surface area contributed by atoms with E-state index in [4.69, 9.17) is 0 Å². The van der Waals surface area contributed by atoms with Crippen LogP contribution in [0.25, 0.3) is 0 Å². The van der Waals surface area contributed by atoms with E-state index < -0.39 is 5.41 Å². The number of amides is 1. The normalized spacial score (nSPS) is 23.7. The van der Waals surface area contributed by atoms with Gasteiger partial charge in [0.05, 0.1) is 17.0 Å². The number of carbonyl (C=O) groups excluding carboxylic acids is 3. The van der Waals surface area contributed by atoms with Crippen LogP contribution in [-0.2, 0) is 4.79 Å². The molecule has 4 rings (SSSR count). The zero-order valence-corrected chi connectivity index (χ0v) is 17.5. The lowest BCUT2D eigenvalue weighted by Crippen LogP contribution is -2.57. The fourth-order valence-electron chi connectivity index (χ4n) is 4.70. The molecule has 0 radical (unpaired) electrons. The van der Waals surface area contributed by atoms with Gasteiger partial charge in [0.15, 0.2) is 11.6 Å². The number of Topliss-reactive ketones (excluding diaryl/α,β-unsaturated/α-hetero) is 2. The van der Waals surface area contributed by atoms with E-state index in [2.05, 4.69) is 6.92 Å². The second kappa shape index (κ2) is 7.52. The Morgan fingerprint density at radius 3 is 2.07 bits per heavy atom. The predicted octanol–water partition coefficient (Wildman–Crippen LogP) is 4.64. The number of fused-ring (bicyclic) bond motifs is 1. The number of allylic oxidation sites excluding steroid dienone is 1. The Morgan fingerprint density at radius 2 is 1.47 bits per heavy atom. The van der Waals surface area contributed by atoms with Gasteiger partial charge in [-0.3, -0.25) is 14.4 Å². The van der Waals surface area contributed by atoms with Crippen molar-refractivity contribution >= 4 is 17.5 Å². The second-order valence-corrected chi connectivity index (χ2v) is 8.36. The van der Waals surface area contributed by atoms with E-state index in [1.807, 2.05) is 31.2 Å². The van der Waals surface area contributed by atoms with E-state index in [1.54, 1.807) is 54.4 Å². The highest BCUT2D eigenvalue weighted by Crippen LogP contribution is 2.48. The van der Waals surface area contributed by atoms with Crippen LogP contribution in [-0.4, -0.2) is 35.5 Å². The molecule has 0 unspecified atom stereocenters. The van der Waals surface area contributed by atoms with Gasteiger partial charge in [0.2, 0.25) is 0 Å². The summed E-state index contributed by atoms with van der Waals surface area (Å²) in [6.07, 6.45) is 2.80. The van der Waals surface area contributed by atoms with E-state index in [9.17, 15) is 14.4 Å². The van der Waals surface area contributed by atoms with Crippen LogP contribution in [0.1, 0.15) is 47.4 Å². The van der Waals surface area contributed by atoms with E-state index in [0.717, 1.165) is 5.57 Å². The minimum atomic E-state index is -0.951. The molecule has 4 heteroatoms. The van der Waals surface area contributed by atoms with Crippen LogP contribution in [0.15, 0.2) is 83.5 Å². The molecule has 0 saturated heterocycles. The Bertz CT molecular complexity index is 1080. The fourth-order valence-corrected chi connectivity index (χ4v) is 4.70. The highest BCUT2D eigenvalue weighted by Gasteiger charge is 2.53. The summed E-state index contributed by atoms with van der Waals surface area (Å²) in [5, 5.41) is 0. The van der Waals surface area contributed by atoms with Crippen molar-refractivity contribution in [2.45, 2.75) is 32.7 Å². The molecule has 30 heavy (non-hydrogen) atoms. The van der Waals surface area contributed by atoms with Gasteiger partial charge in [0.25, 0.3) is 5.91 Å². The van der Waals surface area contributed by atoms with Crippen LogP contribution < -0.4 is 0 Å². The number of rotatable bonds is 4. The van der Waals surface area contributed by atoms with Gasteiger partial charge in [0.1, 0.15) is 0 Å². The van der Waals surface area contributed by atoms with Crippen molar-refractivity contribution in [3.05, 3.63) is 94.6 Å². The maximum atomic E-state index is 13.8. The molecule has 0 bridgehead atoms. The lowest BCUT2D eigenvalue weighted by atomic mass is 9.61. The molecule has 2 aromatic rings. The summed E-state index contributed by atoms with van der Waals surface area (Å²) in [6.45, 7) is 4.09. The van der Waals surface area contributed by atoms with Gasteiger partial charge in [-0.05, 0) is 26.7 Å².